The smallest absolute Gasteiger partial charge is 0.242 e. The Labute approximate surface area is 155 Å². The van der Waals surface area contributed by atoms with Gasteiger partial charge >= 0.3 is 0 Å². The molecule has 1 N–H and O–H groups in total. The zero-order valence-corrected chi connectivity index (χ0v) is 16.3. The molecule has 0 saturated heterocycles. The number of nitrogens with zero attached hydrogens (tertiary/aromatic N) is 3. The molecule has 0 atom stereocenters. The first-order chi connectivity index (χ1) is 12.5. The van der Waals surface area contributed by atoms with E-state index in [1.807, 2.05) is 61.4 Å². The van der Waals surface area contributed by atoms with Gasteiger partial charge in [-0.2, -0.15) is 0 Å². The highest BCUT2D eigenvalue weighted by atomic mass is 16.2. The summed E-state index contributed by atoms with van der Waals surface area (Å²) in [5.74, 6) is 1.06. The number of aryl methyl sites for hydroxylation is 1. The van der Waals surface area contributed by atoms with Crippen molar-refractivity contribution >= 4 is 22.8 Å². The summed E-state index contributed by atoms with van der Waals surface area (Å²) in [7, 11) is 0. The second-order valence-electron chi connectivity index (χ2n) is 6.72. The van der Waals surface area contributed by atoms with E-state index in [-0.39, 0.29) is 17.7 Å². The van der Waals surface area contributed by atoms with Gasteiger partial charge < -0.3 is 14.8 Å². The minimum Gasteiger partial charge on any atom is -0.356 e. The van der Waals surface area contributed by atoms with Crippen molar-refractivity contribution in [1.82, 2.24) is 19.8 Å². The lowest BCUT2D eigenvalue weighted by molar-refractivity contribution is -0.131. The molecule has 0 aliphatic heterocycles. The second kappa shape index (κ2) is 9.36. The molecule has 6 heteroatoms. The van der Waals surface area contributed by atoms with Crippen molar-refractivity contribution in [2.75, 3.05) is 19.6 Å². The van der Waals surface area contributed by atoms with Gasteiger partial charge in [0.15, 0.2) is 0 Å². The number of hydrogen-bond donors (Lipinski definition) is 1. The van der Waals surface area contributed by atoms with E-state index in [0.717, 1.165) is 29.7 Å². The summed E-state index contributed by atoms with van der Waals surface area (Å²) in [4.78, 5) is 30.8. The largest absolute Gasteiger partial charge is 0.356 e. The molecule has 2 amide bonds. The molecule has 0 unspecified atom stereocenters. The fourth-order valence-electron chi connectivity index (χ4n) is 2.97. The maximum Gasteiger partial charge on any atom is 0.242 e. The molecule has 1 aromatic carbocycles. The Bertz CT molecular complexity index is 747. The van der Waals surface area contributed by atoms with Crippen molar-refractivity contribution in [3.05, 3.63) is 30.1 Å². The van der Waals surface area contributed by atoms with Gasteiger partial charge in [0.1, 0.15) is 12.4 Å². The highest BCUT2D eigenvalue weighted by Gasteiger charge is 2.16. The third-order valence-electron chi connectivity index (χ3n) is 4.54. The summed E-state index contributed by atoms with van der Waals surface area (Å²) in [6.07, 6.45) is 1.51. The van der Waals surface area contributed by atoms with E-state index in [4.69, 9.17) is 4.98 Å². The van der Waals surface area contributed by atoms with E-state index in [2.05, 4.69) is 5.32 Å². The minimum absolute atomic E-state index is 0.00809. The van der Waals surface area contributed by atoms with Crippen molar-refractivity contribution < 1.29 is 9.59 Å². The molecule has 26 heavy (non-hydrogen) atoms. The van der Waals surface area contributed by atoms with Gasteiger partial charge in [-0.3, -0.25) is 9.59 Å². The van der Waals surface area contributed by atoms with Crippen molar-refractivity contribution in [3.8, 4) is 0 Å². The number of carbonyl (C=O) groups excluding carboxylic acids is 2. The summed E-state index contributed by atoms with van der Waals surface area (Å²) in [5, 5.41) is 2.93. The standard InChI is InChI=1S/C20H30N4O2/c1-5-23(6-2)19(25)14-24-17-11-8-7-10-16(17)22-18(24)12-9-13-21-20(26)15(3)4/h7-8,10-11,15H,5-6,9,12-14H2,1-4H3,(H,21,26). The number of likely N-dealkylation sites (N-methyl/N-ethyl adjacent to an activating group) is 1. The topological polar surface area (TPSA) is 67.2 Å². The van der Waals surface area contributed by atoms with Crippen LogP contribution in [-0.4, -0.2) is 45.9 Å². The van der Waals surface area contributed by atoms with Crippen LogP contribution in [0.5, 0.6) is 0 Å². The summed E-state index contributed by atoms with van der Waals surface area (Å²) in [5.41, 5.74) is 1.88. The predicted octanol–water partition coefficient (Wildman–Crippen LogP) is 2.61. The molecule has 1 aromatic heterocycles. The maximum absolute atomic E-state index is 12.6. The summed E-state index contributed by atoms with van der Waals surface area (Å²) in [6, 6.07) is 7.90. The lowest BCUT2D eigenvalue weighted by atomic mass is 10.2. The average Bonchev–Trinajstić information content (AvgIpc) is 2.97. The summed E-state index contributed by atoms with van der Waals surface area (Å²) in [6.45, 7) is 10.1. The van der Waals surface area contributed by atoms with Crippen LogP contribution in [0.15, 0.2) is 24.3 Å². The van der Waals surface area contributed by atoms with Crippen molar-refractivity contribution in [3.63, 3.8) is 0 Å². The lowest BCUT2D eigenvalue weighted by Crippen LogP contribution is -2.34. The normalized spacial score (nSPS) is 11.1. The Morgan fingerprint density at radius 3 is 2.54 bits per heavy atom. The van der Waals surface area contributed by atoms with Gasteiger partial charge in [-0.1, -0.05) is 26.0 Å². The van der Waals surface area contributed by atoms with Crippen LogP contribution in [0.1, 0.15) is 39.9 Å². The molecule has 2 rings (SSSR count). The van der Waals surface area contributed by atoms with Gasteiger partial charge in [0.25, 0.3) is 0 Å². The molecular formula is C20H30N4O2. The minimum atomic E-state index is -0.00809. The predicted molar refractivity (Wildman–Crippen MR) is 104 cm³/mol. The van der Waals surface area contributed by atoms with Crippen LogP contribution in [0, 0.1) is 5.92 Å². The molecule has 6 nitrogen and oxygen atoms in total. The summed E-state index contributed by atoms with van der Waals surface area (Å²) >= 11 is 0. The van der Waals surface area contributed by atoms with E-state index in [9.17, 15) is 9.59 Å². The van der Waals surface area contributed by atoms with Gasteiger partial charge in [0.2, 0.25) is 11.8 Å². The van der Waals surface area contributed by atoms with Crippen LogP contribution in [0.3, 0.4) is 0 Å². The lowest BCUT2D eigenvalue weighted by Gasteiger charge is -2.20. The Morgan fingerprint density at radius 1 is 1.19 bits per heavy atom. The van der Waals surface area contributed by atoms with E-state index < -0.39 is 0 Å². The zero-order chi connectivity index (χ0) is 19.1. The monoisotopic (exact) mass is 358 g/mol. The number of carbonyl (C=O) groups is 2. The number of nitrogens with one attached hydrogen (secondary N) is 1. The number of hydrogen-bond acceptors (Lipinski definition) is 3. The first-order valence-electron chi connectivity index (χ1n) is 9.47. The Morgan fingerprint density at radius 2 is 1.88 bits per heavy atom. The van der Waals surface area contributed by atoms with E-state index in [1.165, 1.54) is 0 Å². The van der Waals surface area contributed by atoms with Crippen LogP contribution in [0.2, 0.25) is 0 Å². The van der Waals surface area contributed by atoms with Crippen molar-refractivity contribution in [2.24, 2.45) is 5.92 Å². The number of para-hydroxylation sites is 2. The van der Waals surface area contributed by atoms with E-state index in [1.54, 1.807) is 0 Å². The van der Waals surface area contributed by atoms with Crippen LogP contribution in [-0.2, 0) is 22.6 Å². The number of fused-ring (bicyclic) bond motifs is 1. The zero-order valence-electron chi connectivity index (χ0n) is 16.3. The van der Waals surface area contributed by atoms with Gasteiger partial charge in [-0.15, -0.1) is 0 Å². The van der Waals surface area contributed by atoms with Gasteiger partial charge in [-0.25, -0.2) is 4.98 Å². The number of amides is 2. The third kappa shape index (κ3) is 4.84. The first kappa shape index (κ1) is 19.9. The Kier molecular flexibility index (Phi) is 7.18. The SMILES string of the molecule is CCN(CC)C(=O)Cn1c(CCCNC(=O)C(C)C)nc2ccccc21. The molecule has 0 fully saturated rings. The quantitative estimate of drug-likeness (QED) is 0.701. The van der Waals surface area contributed by atoms with E-state index >= 15 is 0 Å². The van der Waals surface area contributed by atoms with Gasteiger partial charge in [0, 0.05) is 32.0 Å². The summed E-state index contributed by atoms with van der Waals surface area (Å²) < 4.78 is 2.01. The third-order valence-corrected chi connectivity index (χ3v) is 4.54. The van der Waals surface area contributed by atoms with Gasteiger partial charge in [0.05, 0.1) is 11.0 Å². The van der Waals surface area contributed by atoms with Crippen LogP contribution in [0.25, 0.3) is 11.0 Å². The number of rotatable bonds is 9. The fourth-order valence-corrected chi connectivity index (χ4v) is 2.97. The molecule has 0 saturated carbocycles. The molecule has 0 bridgehead atoms. The maximum atomic E-state index is 12.6. The van der Waals surface area contributed by atoms with Crippen LogP contribution < -0.4 is 5.32 Å². The molecule has 0 radical (unpaired) electrons. The van der Waals surface area contributed by atoms with Crippen LogP contribution in [0.4, 0.5) is 0 Å². The van der Waals surface area contributed by atoms with Crippen molar-refractivity contribution in [2.45, 2.75) is 47.1 Å². The average molecular weight is 358 g/mol. The molecule has 0 spiro atoms. The number of imidazole rings is 1. The van der Waals surface area contributed by atoms with Crippen molar-refractivity contribution in [1.29, 1.82) is 0 Å². The van der Waals surface area contributed by atoms with E-state index in [0.29, 0.717) is 26.2 Å². The fraction of sp³-hybridized carbons (Fsp3) is 0.550. The second-order valence-corrected chi connectivity index (χ2v) is 6.72. The molecule has 142 valence electrons. The number of aromatic nitrogens is 2. The highest BCUT2D eigenvalue weighted by molar-refractivity contribution is 5.81. The molecule has 1 heterocycles. The van der Waals surface area contributed by atoms with Crippen LogP contribution >= 0.6 is 0 Å². The molecule has 2 aromatic rings. The highest BCUT2D eigenvalue weighted by Crippen LogP contribution is 2.17. The Balaban J connectivity index is 2.12. The first-order valence-corrected chi connectivity index (χ1v) is 9.47. The Hall–Kier alpha value is -2.37. The molecule has 0 aliphatic rings. The van der Waals surface area contributed by atoms with Gasteiger partial charge in [-0.05, 0) is 32.4 Å². The molecule has 0 aliphatic carbocycles. The number of benzene rings is 1. The molecular weight excluding hydrogens is 328 g/mol.